The molecule has 2 aliphatic rings. The maximum Gasteiger partial charge on any atom is 0.244 e. The van der Waals surface area contributed by atoms with Gasteiger partial charge in [0.2, 0.25) is 23.6 Å². The summed E-state index contributed by atoms with van der Waals surface area (Å²) in [5, 5.41) is 11.9. The lowest BCUT2D eigenvalue weighted by atomic mass is 9.91. The van der Waals surface area contributed by atoms with Crippen molar-refractivity contribution in [3.63, 3.8) is 0 Å². The zero-order valence-electron chi connectivity index (χ0n) is 23.4. The van der Waals surface area contributed by atoms with Crippen LogP contribution in [0.3, 0.4) is 0 Å². The van der Waals surface area contributed by atoms with Crippen LogP contribution in [0.5, 0.6) is 0 Å². The molecule has 0 radical (unpaired) electrons. The first-order chi connectivity index (χ1) is 19.7. The molecule has 2 aliphatic heterocycles. The number of nitrogens with one attached hydrogen (secondary N) is 4. The molecule has 2 aromatic rings. The summed E-state index contributed by atoms with van der Waals surface area (Å²) >= 11 is 3.09. The van der Waals surface area contributed by atoms with E-state index in [0.29, 0.717) is 23.8 Å². The van der Waals surface area contributed by atoms with Gasteiger partial charge in [-0.3, -0.25) is 19.2 Å². The summed E-state index contributed by atoms with van der Waals surface area (Å²) < 4.78 is -0.661. The van der Waals surface area contributed by atoms with Crippen LogP contribution in [0.2, 0.25) is 0 Å². The molecule has 9 nitrogen and oxygen atoms in total. The maximum absolute atomic E-state index is 13.7. The molecule has 41 heavy (non-hydrogen) atoms. The van der Waals surface area contributed by atoms with Gasteiger partial charge in [0, 0.05) is 34.3 Å². The van der Waals surface area contributed by atoms with Crippen molar-refractivity contribution in [2.24, 2.45) is 5.73 Å². The van der Waals surface area contributed by atoms with Crippen LogP contribution in [0, 0.1) is 0 Å². The van der Waals surface area contributed by atoms with E-state index < -0.39 is 46.6 Å². The molecule has 4 rings (SSSR count). The van der Waals surface area contributed by atoms with E-state index in [1.54, 1.807) is 11.8 Å². The number of carbonyl (C=O) groups excluding carboxylic acids is 4. The lowest BCUT2D eigenvalue weighted by Crippen LogP contribution is -2.61. The van der Waals surface area contributed by atoms with Gasteiger partial charge in [-0.2, -0.15) is 23.5 Å². The fourth-order valence-corrected chi connectivity index (χ4v) is 7.60. The molecule has 6 N–H and O–H groups in total. The molecular weight excluding hydrogens is 558 g/mol. The van der Waals surface area contributed by atoms with Crippen molar-refractivity contribution in [1.82, 2.24) is 21.3 Å². The second-order valence-corrected chi connectivity index (χ2v) is 13.8. The number of amides is 4. The number of benzene rings is 2. The largest absolute Gasteiger partial charge is 0.368 e. The highest BCUT2D eigenvalue weighted by atomic mass is 32.2. The summed E-state index contributed by atoms with van der Waals surface area (Å²) in [6, 6.07) is 16.0. The van der Waals surface area contributed by atoms with Crippen LogP contribution < -0.4 is 27.0 Å². The molecule has 2 fully saturated rings. The highest BCUT2D eigenvalue weighted by Crippen LogP contribution is 2.30. The minimum atomic E-state index is -0.973. The van der Waals surface area contributed by atoms with Crippen molar-refractivity contribution in [2.45, 2.75) is 61.5 Å². The molecule has 0 bridgehead atoms. The van der Waals surface area contributed by atoms with Crippen LogP contribution in [0.4, 0.5) is 0 Å². The third-order valence-electron chi connectivity index (χ3n) is 7.53. The molecule has 2 saturated heterocycles. The number of nitrogens with two attached hydrogens (primary N) is 1. The van der Waals surface area contributed by atoms with Crippen molar-refractivity contribution in [3.05, 3.63) is 71.8 Å². The zero-order chi connectivity index (χ0) is 29.4. The molecule has 0 spiro atoms. The summed E-state index contributed by atoms with van der Waals surface area (Å²) in [6.07, 6.45) is 1.03. The van der Waals surface area contributed by atoms with Crippen LogP contribution in [0.15, 0.2) is 60.7 Å². The van der Waals surface area contributed by atoms with Crippen LogP contribution in [0.25, 0.3) is 0 Å². The Labute approximate surface area is 249 Å². The molecule has 0 saturated carbocycles. The van der Waals surface area contributed by atoms with Crippen molar-refractivity contribution >= 4 is 47.2 Å². The molecule has 0 aliphatic carbocycles. The van der Waals surface area contributed by atoms with Gasteiger partial charge in [-0.25, -0.2) is 0 Å². The Morgan fingerprint density at radius 1 is 0.976 bits per heavy atom. The summed E-state index contributed by atoms with van der Waals surface area (Å²) in [6.45, 7) is 4.46. The molecule has 4 amide bonds. The van der Waals surface area contributed by atoms with Crippen molar-refractivity contribution in [1.29, 1.82) is 0 Å². The summed E-state index contributed by atoms with van der Waals surface area (Å²) in [7, 11) is 0. The normalized spacial score (nSPS) is 27.3. The molecule has 2 aromatic carbocycles. The standard InChI is InChI=1S/C30H39N5O4S2/c1-30(2)25(26(31)36)35-27(37)22(17-19-9-5-3-6-10-19)33-28(38)23(18-40-15-16-41-30)34-29(39)24-21(13-14-32-24)20-11-7-4-8-12-20/h3-12,21-25,32H,13-18H2,1-2H3,(H2,31,36)(H,33,38)(H,34,39)(H,35,37)/t21-,22+,23?,24-,25+/m1/s1. The molecule has 0 aromatic heterocycles. The van der Waals surface area contributed by atoms with Crippen LogP contribution >= 0.6 is 23.5 Å². The Bertz CT molecular complexity index is 1210. The van der Waals surface area contributed by atoms with Gasteiger partial charge in [0.25, 0.3) is 0 Å². The van der Waals surface area contributed by atoms with Gasteiger partial charge < -0.3 is 27.0 Å². The van der Waals surface area contributed by atoms with Gasteiger partial charge in [-0.15, -0.1) is 0 Å². The third-order valence-corrected chi connectivity index (χ3v) is 10.2. The number of thioether (sulfide) groups is 2. The Kier molecular flexibility index (Phi) is 10.7. The molecule has 2 heterocycles. The fourth-order valence-electron chi connectivity index (χ4n) is 5.29. The van der Waals surface area contributed by atoms with Gasteiger partial charge in [-0.1, -0.05) is 60.7 Å². The average Bonchev–Trinajstić information content (AvgIpc) is 3.45. The van der Waals surface area contributed by atoms with Gasteiger partial charge in [0.1, 0.15) is 18.1 Å². The minimum Gasteiger partial charge on any atom is -0.368 e. The Hall–Kier alpha value is -3.02. The monoisotopic (exact) mass is 597 g/mol. The Morgan fingerprint density at radius 2 is 1.66 bits per heavy atom. The van der Waals surface area contributed by atoms with Gasteiger partial charge >= 0.3 is 0 Å². The molecular formula is C30H39N5O4S2. The van der Waals surface area contributed by atoms with E-state index in [-0.39, 0.29) is 18.2 Å². The lowest BCUT2D eigenvalue weighted by molar-refractivity contribution is -0.133. The quantitative estimate of drug-likeness (QED) is 0.340. The van der Waals surface area contributed by atoms with E-state index >= 15 is 0 Å². The first-order valence-corrected chi connectivity index (χ1v) is 16.0. The van der Waals surface area contributed by atoms with Crippen molar-refractivity contribution in [3.8, 4) is 0 Å². The SMILES string of the molecule is CC1(C)SCCSCC(NC(=O)[C@@H]2NCC[C@@H]2c2ccccc2)C(=O)N[C@@H](Cc2ccccc2)C(=O)N[C@H]1C(N)=O. The minimum absolute atomic E-state index is 0.00245. The predicted molar refractivity (Wildman–Crippen MR) is 165 cm³/mol. The maximum atomic E-state index is 13.7. The lowest BCUT2D eigenvalue weighted by Gasteiger charge is -2.33. The highest BCUT2D eigenvalue weighted by Gasteiger charge is 2.39. The van der Waals surface area contributed by atoms with Crippen LogP contribution in [-0.2, 0) is 25.6 Å². The van der Waals surface area contributed by atoms with Gasteiger partial charge in [0.15, 0.2) is 0 Å². The second kappa shape index (κ2) is 14.2. The molecule has 1 unspecified atom stereocenters. The van der Waals surface area contributed by atoms with Gasteiger partial charge in [0.05, 0.1) is 6.04 Å². The van der Waals surface area contributed by atoms with E-state index in [0.717, 1.165) is 17.5 Å². The van der Waals surface area contributed by atoms with E-state index in [9.17, 15) is 19.2 Å². The predicted octanol–water partition coefficient (Wildman–Crippen LogP) is 1.57. The topological polar surface area (TPSA) is 142 Å². The number of carbonyl (C=O) groups is 4. The van der Waals surface area contributed by atoms with E-state index in [1.165, 1.54) is 11.8 Å². The first kappa shape index (κ1) is 30.9. The summed E-state index contributed by atoms with van der Waals surface area (Å²) in [5.74, 6) is -0.110. The molecule has 5 atom stereocenters. The van der Waals surface area contributed by atoms with Crippen molar-refractivity contribution < 1.29 is 19.2 Å². The van der Waals surface area contributed by atoms with E-state index in [2.05, 4.69) is 21.3 Å². The van der Waals surface area contributed by atoms with Gasteiger partial charge in [-0.05, 0) is 37.9 Å². The third kappa shape index (κ3) is 8.27. The summed E-state index contributed by atoms with van der Waals surface area (Å²) in [4.78, 5) is 53.2. The fraction of sp³-hybridized carbons (Fsp3) is 0.467. The Morgan fingerprint density at radius 3 is 2.34 bits per heavy atom. The number of hydrogen-bond acceptors (Lipinski definition) is 7. The molecule has 220 valence electrons. The highest BCUT2D eigenvalue weighted by molar-refractivity contribution is 8.03. The van der Waals surface area contributed by atoms with E-state index in [1.807, 2.05) is 74.5 Å². The average molecular weight is 598 g/mol. The number of primary amides is 1. The summed E-state index contributed by atoms with van der Waals surface area (Å²) in [5.41, 5.74) is 7.64. The Balaban J connectivity index is 1.56. The second-order valence-electron chi connectivity index (χ2n) is 10.9. The van der Waals surface area contributed by atoms with Crippen LogP contribution in [0.1, 0.15) is 37.3 Å². The van der Waals surface area contributed by atoms with E-state index in [4.69, 9.17) is 5.73 Å². The first-order valence-electron chi connectivity index (χ1n) is 13.9. The number of rotatable bonds is 6. The number of hydrogen-bond donors (Lipinski definition) is 5. The van der Waals surface area contributed by atoms with Crippen molar-refractivity contribution in [2.75, 3.05) is 23.8 Å². The zero-order valence-corrected chi connectivity index (χ0v) is 25.1. The smallest absolute Gasteiger partial charge is 0.244 e. The van der Waals surface area contributed by atoms with Crippen LogP contribution in [-0.4, -0.2) is 76.3 Å². The molecule has 11 heteroatoms.